The molecule has 21 heavy (non-hydrogen) atoms. The normalized spacial score (nSPS) is 19.4. The fraction of sp³-hybridized carbons (Fsp3) is 0.500. The van der Waals surface area contributed by atoms with Gasteiger partial charge in [0.15, 0.2) is 0 Å². The summed E-state index contributed by atoms with van der Waals surface area (Å²) >= 11 is 3.30. The minimum Gasteiger partial charge on any atom is -0.340 e. The molecule has 0 spiro atoms. The third-order valence-corrected chi connectivity index (χ3v) is 4.02. The average molecular weight is 355 g/mol. The van der Waals surface area contributed by atoms with Gasteiger partial charge in [0.1, 0.15) is 5.82 Å². The molecule has 1 aromatic rings. The Bertz CT molecular complexity index is 520. The summed E-state index contributed by atoms with van der Waals surface area (Å²) in [4.78, 5) is 31.4. The maximum atomic E-state index is 12.0. The number of piperazine rings is 1. The van der Waals surface area contributed by atoms with Crippen molar-refractivity contribution in [2.75, 3.05) is 31.5 Å². The van der Waals surface area contributed by atoms with Crippen LogP contribution in [0.2, 0.25) is 0 Å². The molecule has 1 aliphatic heterocycles. The fourth-order valence-corrected chi connectivity index (χ4v) is 2.57. The van der Waals surface area contributed by atoms with Gasteiger partial charge in [-0.2, -0.15) is 0 Å². The van der Waals surface area contributed by atoms with E-state index in [1.165, 1.54) is 0 Å². The number of amides is 2. The molecular weight excluding hydrogens is 336 g/mol. The standard InChI is InChI=1S/C14H19BrN4O2/c1-10-8-19(11(2)20)6-5-18(10)9-14(21)17-13-4-3-12(15)7-16-13/h3-4,7,10H,5-6,8-9H2,1-2H3,(H,16,17,21)/t10-/m0/s1. The molecule has 1 N–H and O–H groups in total. The van der Waals surface area contributed by atoms with E-state index in [1.54, 1.807) is 19.2 Å². The zero-order chi connectivity index (χ0) is 15.4. The van der Waals surface area contributed by atoms with Gasteiger partial charge in [-0.3, -0.25) is 14.5 Å². The SMILES string of the molecule is CC(=O)N1CCN(CC(=O)Nc2ccc(Br)cn2)[C@@H](C)C1. The van der Waals surface area contributed by atoms with Crippen LogP contribution in [-0.2, 0) is 9.59 Å². The second-order valence-electron chi connectivity index (χ2n) is 5.19. The molecule has 0 unspecified atom stereocenters. The molecule has 0 saturated carbocycles. The van der Waals surface area contributed by atoms with Crippen molar-refractivity contribution in [2.24, 2.45) is 0 Å². The fourth-order valence-electron chi connectivity index (χ4n) is 2.33. The Morgan fingerprint density at radius 1 is 1.43 bits per heavy atom. The van der Waals surface area contributed by atoms with Gasteiger partial charge in [-0.1, -0.05) is 0 Å². The lowest BCUT2D eigenvalue weighted by Gasteiger charge is -2.39. The van der Waals surface area contributed by atoms with E-state index >= 15 is 0 Å². The van der Waals surface area contributed by atoms with Crippen LogP contribution >= 0.6 is 15.9 Å². The van der Waals surface area contributed by atoms with Crippen molar-refractivity contribution in [2.45, 2.75) is 19.9 Å². The van der Waals surface area contributed by atoms with Crippen molar-refractivity contribution in [1.29, 1.82) is 0 Å². The number of pyridine rings is 1. The molecule has 0 bridgehead atoms. The quantitative estimate of drug-likeness (QED) is 0.889. The second kappa shape index (κ2) is 7.00. The van der Waals surface area contributed by atoms with Crippen LogP contribution in [0.25, 0.3) is 0 Å². The van der Waals surface area contributed by atoms with Crippen LogP contribution < -0.4 is 5.32 Å². The predicted molar refractivity (Wildman–Crippen MR) is 83.9 cm³/mol. The average Bonchev–Trinajstić information content (AvgIpc) is 2.43. The minimum absolute atomic E-state index is 0.0880. The maximum absolute atomic E-state index is 12.0. The molecule has 0 radical (unpaired) electrons. The van der Waals surface area contributed by atoms with Crippen LogP contribution in [0, 0.1) is 0 Å². The summed E-state index contributed by atoms with van der Waals surface area (Å²) in [6, 6.07) is 3.75. The van der Waals surface area contributed by atoms with Crippen LogP contribution in [0.4, 0.5) is 5.82 Å². The molecular formula is C14H19BrN4O2. The molecule has 2 heterocycles. The molecule has 6 nitrogen and oxygen atoms in total. The largest absolute Gasteiger partial charge is 0.340 e. The third kappa shape index (κ3) is 4.50. The summed E-state index contributed by atoms with van der Waals surface area (Å²) in [5.74, 6) is 0.538. The van der Waals surface area contributed by atoms with Gasteiger partial charge >= 0.3 is 0 Å². The van der Waals surface area contributed by atoms with Gasteiger partial charge in [0, 0.05) is 43.3 Å². The lowest BCUT2D eigenvalue weighted by molar-refractivity contribution is -0.132. The Balaban J connectivity index is 1.85. The van der Waals surface area contributed by atoms with Crippen molar-refractivity contribution in [3.63, 3.8) is 0 Å². The molecule has 2 amide bonds. The van der Waals surface area contributed by atoms with E-state index in [1.807, 2.05) is 17.9 Å². The van der Waals surface area contributed by atoms with Gasteiger partial charge in [-0.15, -0.1) is 0 Å². The summed E-state index contributed by atoms with van der Waals surface area (Å²) in [7, 11) is 0. The van der Waals surface area contributed by atoms with Crippen LogP contribution in [0.15, 0.2) is 22.8 Å². The van der Waals surface area contributed by atoms with Crippen molar-refractivity contribution < 1.29 is 9.59 Å². The Hall–Kier alpha value is -1.47. The van der Waals surface area contributed by atoms with E-state index < -0.39 is 0 Å². The van der Waals surface area contributed by atoms with E-state index in [0.29, 0.717) is 32.0 Å². The first-order valence-corrected chi connectivity index (χ1v) is 7.66. The Kier molecular flexibility index (Phi) is 5.30. The first-order chi connectivity index (χ1) is 9.95. The van der Waals surface area contributed by atoms with Gasteiger partial charge in [0.05, 0.1) is 6.54 Å². The van der Waals surface area contributed by atoms with Gasteiger partial charge in [0.25, 0.3) is 0 Å². The second-order valence-corrected chi connectivity index (χ2v) is 6.11. The number of hydrogen-bond donors (Lipinski definition) is 1. The predicted octanol–water partition coefficient (Wildman–Crippen LogP) is 1.34. The number of aromatic nitrogens is 1. The topological polar surface area (TPSA) is 65.5 Å². The molecule has 2 rings (SSSR count). The minimum atomic E-state index is -0.0899. The molecule has 7 heteroatoms. The molecule has 1 atom stereocenters. The van der Waals surface area contributed by atoms with Gasteiger partial charge < -0.3 is 10.2 Å². The number of nitrogens with one attached hydrogen (secondary N) is 1. The zero-order valence-corrected chi connectivity index (χ0v) is 13.8. The zero-order valence-electron chi connectivity index (χ0n) is 12.2. The Morgan fingerprint density at radius 3 is 2.76 bits per heavy atom. The van der Waals surface area contributed by atoms with E-state index in [4.69, 9.17) is 0 Å². The number of anilines is 1. The molecule has 1 aromatic heterocycles. The van der Waals surface area contributed by atoms with Crippen molar-refractivity contribution in [3.05, 3.63) is 22.8 Å². The number of halogens is 1. The van der Waals surface area contributed by atoms with E-state index in [-0.39, 0.29) is 17.9 Å². The first kappa shape index (κ1) is 15.9. The van der Waals surface area contributed by atoms with Crippen LogP contribution in [0.5, 0.6) is 0 Å². The monoisotopic (exact) mass is 354 g/mol. The number of hydrogen-bond acceptors (Lipinski definition) is 4. The van der Waals surface area contributed by atoms with Crippen LogP contribution in [0.3, 0.4) is 0 Å². The number of carbonyl (C=O) groups is 2. The van der Waals surface area contributed by atoms with Crippen molar-refractivity contribution in [3.8, 4) is 0 Å². The number of rotatable bonds is 3. The Labute approximate surface area is 132 Å². The number of nitrogens with zero attached hydrogens (tertiary/aromatic N) is 3. The van der Waals surface area contributed by atoms with Crippen LogP contribution in [-0.4, -0.2) is 58.8 Å². The molecule has 1 saturated heterocycles. The third-order valence-electron chi connectivity index (χ3n) is 3.55. The summed E-state index contributed by atoms with van der Waals surface area (Å²) in [5.41, 5.74) is 0. The van der Waals surface area contributed by atoms with E-state index in [9.17, 15) is 9.59 Å². The molecule has 114 valence electrons. The highest BCUT2D eigenvalue weighted by molar-refractivity contribution is 9.10. The van der Waals surface area contributed by atoms with Gasteiger partial charge in [-0.25, -0.2) is 4.98 Å². The molecule has 0 aromatic carbocycles. The molecule has 1 aliphatic rings. The van der Waals surface area contributed by atoms with E-state index in [0.717, 1.165) is 4.47 Å². The highest BCUT2D eigenvalue weighted by Crippen LogP contribution is 2.12. The van der Waals surface area contributed by atoms with Crippen molar-refractivity contribution in [1.82, 2.24) is 14.8 Å². The highest BCUT2D eigenvalue weighted by atomic mass is 79.9. The van der Waals surface area contributed by atoms with Gasteiger partial charge in [-0.05, 0) is 35.0 Å². The first-order valence-electron chi connectivity index (χ1n) is 6.86. The molecule has 1 fully saturated rings. The van der Waals surface area contributed by atoms with Crippen LogP contribution in [0.1, 0.15) is 13.8 Å². The lowest BCUT2D eigenvalue weighted by Crippen LogP contribution is -2.54. The maximum Gasteiger partial charge on any atom is 0.239 e. The smallest absolute Gasteiger partial charge is 0.239 e. The van der Waals surface area contributed by atoms with Crippen molar-refractivity contribution >= 4 is 33.6 Å². The number of carbonyl (C=O) groups excluding carboxylic acids is 2. The summed E-state index contributed by atoms with van der Waals surface area (Å²) < 4.78 is 0.870. The lowest BCUT2D eigenvalue weighted by atomic mass is 10.2. The van der Waals surface area contributed by atoms with E-state index in [2.05, 4.69) is 31.1 Å². The van der Waals surface area contributed by atoms with Gasteiger partial charge in [0.2, 0.25) is 11.8 Å². The Morgan fingerprint density at radius 2 is 2.19 bits per heavy atom. The summed E-state index contributed by atoms with van der Waals surface area (Å²) in [6.07, 6.45) is 1.64. The molecule has 0 aliphatic carbocycles. The highest BCUT2D eigenvalue weighted by Gasteiger charge is 2.26. The summed E-state index contributed by atoms with van der Waals surface area (Å²) in [5, 5.41) is 2.78. The summed E-state index contributed by atoms with van der Waals surface area (Å²) in [6.45, 7) is 5.96.